The Hall–Kier alpha value is -1.31. The van der Waals surface area contributed by atoms with Gasteiger partial charge >= 0.3 is 5.97 Å². The fourth-order valence-electron chi connectivity index (χ4n) is 4.97. The monoisotopic (exact) mass is 446 g/mol. The minimum absolute atomic E-state index is 0.165. The molecule has 3 heterocycles. The molecular weight excluding hydrogens is 416 g/mol. The molecule has 4 N–H and O–H groups in total. The first-order valence-corrected chi connectivity index (χ1v) is 10.4. The molecule has 31 heavy (non-hydrogen) atoms. The molecule has 0 radical (unpaired) electrons. The van der Waals surface area contributed by atoms with Gasteiger partial charge in [0.1, 0.15) is 24.4 Å². The molecule has 3 fully saturated rings. The summed E-state index contributed by atoms with van der Waals surface area (Å²) >= 11 is 0. The number of aliphatic hydroxyl groups is 4. The maximum atomic E-state index is 12.3. The number of ether oxygens (including phenoxy) is 6. The zero-order valence-electron chi connectivity index (χ0n) is 17.6. The molecule has 3 aliphatic heterocycles. The van der Waals surface area contributed by atoms with Crippen LogP contribution in [-0.4, -0.2) is 95.6 Å². The number of carbonyl (C=O) groups excluding carboxylic acids is 1. The van der Waals surface area contributed by atoms with Crippen molar-refractivity contribution < 1.29 is 53.6 Å². The molecule has 2 saturated heterocycles. The highest BCUT2D eigenvalue weighted by molar-refractivity contribution is 5.89. The van der Waals surface area contributed by atoms with Gasteiger partial charge in [-0.3, -0.25) is 0 Å². The van der Waals surface area contributed by atoms with Crippen molar-refractivity contribution in [3.63, 3.8) is 0 Å². The summed E-state index contributed by atoms with van der Waals surface area (Å²) in [5.41, 5.74) is 0.358. The van der Waals surface area contributed by atoms with Crippen LogP contribution in [0, 0.1) is 17.8 Å². The molecule has 1 aliphatic carbocycles. The van der Waals surface area contributed by atoms with Gasteiger partial charge in [-0.2, -0.15) is 0 Å². The lowest BCUT2D eigenvalue weighted by Gasteiger charge is -2.44. The van der Waals surface area contributed by atoms with E-state index in [-0.39, 0.29) is 23.9 Å². The van der Waals surface area contributed by atoms with Gasteiger partial charge in [0.2, 0.25) is 6.29 Å². The van der Waals surface area contributed by atoms with Crippen molar-refractivity contribution in [2.24, 2.45) is 17.8 Å². The minimum atomic E-state index is -1.57. The van der Waals surface area contributed by atoms with E-state index in [1.165, 1.54) is 13.4 Å². The molecule has 4 aliphatic rings. The Morgan fingerprint density at radius 2 is 1.94 bits per heavy atom. The molecule has 0 amide bonds. The standard InChI is InChI=1S/C20H30O11/c1-20(2)28-7-10-11(31-20)4-8-9(17(25)26-3)6-27-18(13(8)10)30-19-16(24)15(23)14(22)12(5-21)29-19/h6,8,10-16,18-19,21-24H,4-5,7H2,1-3H3/t8?,10-,11-,12+,13?,14+,15+,16+,18-,19-/m0/s1. The quantitative estimate of drug-likeness (QED) is 0.378. The molecule has 0 aromatic carbocycles. The van der Waals surface area contributed by atoms with Gasteiger partial charge in [0.05, 0.1) is 38.3 Å². The summed E-state index contributed by atoms with van der Waals surface area (Å²) < 4.78 is 33.9. The molecule has 0 aromatic rings. The Morgan fingerprint density at radius 3 is 2.61 bits per heavy atom. The minimum Gasteiger partial charge on any atom is -0.472 e. The summed E-state index contributed by atoms with van der Waals surface area (Å²) in [5, 5.41) is 39.8. The molecule has 11 heteroatoms. The number of rotatable bonds is 4. The third-order valence-corrected chi connectivity index (χ3v) is 6.56. The van der Waals surface area contributed by atoms with Gasteiger partial charge in [0.25, 0.3) is 0 Å². The normalized spacial score (nSPS) is 46.4. The number of carbonyl (C=O) groups is 1. The van der Waals surface area contributed by atoms with Crippen LogP contribution in [0.25, 0.3) is 0 Å². The van der Waals surface area contributed by atoms with Gasteiger partial charge in [-0.05, 0) is 20.3 Å². The van der Waals surface area contributed by atoms with Gasteiger partial charge in [0.15, 0.2) is 12.1 Å². The molecule has 0 bridgehead atoms. The summed E-state index contributed by atoms with van der Waals surface area (Å²) in [4.78, 5) is 12.3. The molecule has 0 aromatic heterocycles. The molecule has 11 nitrogen and oxygen atoms in total. The maximum Gasteiger partial charge on any atom is 0.337 e. The van der Waals surface area contributed by atoms with Crippen molar-refractivity contribution >= 4 is 5.97 Å². The number of hydrogen-bond donors (Lipinski definition) is 4. The molecular formula is C20H30O11. The topological polar surface area (TPSA) is 153 Å². The van der Waals surface area contributed by atoms with Crippen LogP contribution in [0.3, 0.4) is 0 Å². The highest BCUT2D eigenvalue weighted by Crippen LogP contribution is 2.51. The third-order valence-electron chi connectivity index (χ3n) is 6.56. The Kier molecular flexibility index (Phi) is 6.32. The van der Waals surface area contributed by atoms with Crippen LogP contribution in [0.4, 0.5) is 0 Å². The first-order chi connectivity index (χ1) is 14.7. The van der Waals surface area contributed by atoms with Crippen molar-refractivity contribution in [2.75, 3.05) is 20.3 Å². The van der Waals surface area contributed by atoms with Crippen LogP contribution in [0.15, 0.2) is 11.8 Å². The lowest BCUT2D eigenvalue weighted by molar-refractivity contribution is -0.348. The van der Waals surface area contributed by atoms with Gasteiger partial charge in [-0.15, -0.1) is 0 Å². The molecule has 10 atom stereocenters. The van der Waals surface area contributed by atoms with Crippen molar-refractivity contribution in [3.05, 3.63) is 11.8 Å². The first kappa shape index (κ1) is 22.9. The zero-order valence-corrected chi connectivity index (χ0v) is 17.6. The van der Waals surface area contributed by atoms with E-state index in [4.69, 9.17) is 28.4 Å². The second-order valence-electron chi connectivity index (χ2n) is 8.85. The molecule has 2 unspecified atom stereocenters. The Balaban J connectivity index is 1.58. The van der Waals surface area contributed by atoms with Crippen LogP contribution in [-0.2, 0) is 33.2 Å². The number of hydrogen-bond acceptors (Lipinski definition) is 11. The summed E-state index contributed by atoms with van der Waals surface area (Å²) in [6, 6.07) is 0. The summed E-state index contributed by atoms with van der Waals surface area (Å²) in [5.74, 6) is -2.13. The van der Waals surface area contributed by atoms with E-state index in [0.717, 1.165) is 0 Å². The number of aliphatic hydroxyl groups excluding tert-OH is 4. The lowest BCUT2D eigenvalue weighted by Crippen LogP contribution is -2.60. The third kappa shape index (κ3) is 4.09. The van der Waals surface area contributed by atoms with Crippen LogP contribution < -0.4 is 0 Å². The molecule has 0 spiro atoms. The van der Waals surface area contributed by atoms with E-state index in [1.807, 2.05) is 13.8 Å². The number of fused-ring (bicyclic) bond motifs is 3. The van der Waals surface area contributed by atoms with Gasteiger partial charge in [-0.25, -0.2) is 4.79 Å². The fraction of sp³-hybridized carbons (Fsp3) is 0.850. The van der Waals surface area contributed by atoms with E-state index in [9.17, 15) is 25.2 Å². The van der Waals surface area contributed by atoms with Gasteiger partial charge < -0.3 is 48.8 Å². The van der Waals surface area contributed by atoms with Gasteiger partial charge in [-0.1, -0.05) is 0 Å². The van der Waals surface area contributed by atoms with Crippen molar-refractivity contribution in [1.29, 1.82) is 0 Å². The van der Waals surface area contributed by atoms with Crippen LogP contribution in [0.5, 0.6) is 0 Å². The smallest absolute Gasteiger partial charge is 0.337 e. The van der Waals surface area contributed by atoms with Crippen LogP contribution in [0.1, 0.15) is 20.3 Å². The largest absolute Gasteiger partial charge is 0.472 e. The van der Waals surface area contributed by atoms with E-state index in [0.29, 0.717) is 18.6 Å². The molecule has 176 valence electrons. The highest BCUT2D eigenvalue weighted by Gasteiger charge is 2.57. The van der Waals surface area contributed by atoms with Crippen molar-refractivity contribution in [1.82, 2.24) is 0 Å². The van der Waals surface area contributed by atoms with Crippen LogP contribution >= 0.6 is 0 Å². The molecule has 1 saturated carbocycles. The molecule has 4 rings (SSSR count). The summed E-state index contributed by atoms with van der Waals surface area (Å²) in [6.45, 7) is 3.42. The van der Waals surface area contributed by atoms with Crippen LogP contribution in [0.2, 0.25) is 0 Å². The van der Waals surface area contributed by atoms with E-state index in [2.05, 4.69) is 0 Å². The number of methoxy groups -OCH3 is 1. The van der Waals surface area contributed by atoms with E-state index in [1.54, 1.807) is 0 Å². The van der Waals surface area contributed by atoms with Crippen molar-refractivity contribution in [3.8, 4) is 0 Å². The maximum absolute atomic E-state index is 12.3. The fourth-order valence-corrected chi connectivity index (χ4v) is 4.97. The predicted molar refractivity (Wildman–Crippen MR) is 99.8 cm³/mol. The second-order valence-corrected chi connectivity index (χ2v) is 8.85. The summed E-state index contributed by atoms with van der Waals surface area (Å²) in [6.07, 6.45) is -6.47. The lowest BCUT2D eigenvalue weighted by atomic mass is 9.82. The van der Waals surface area contributed by atoms with Gasteiger partial charge in [0, 0.05) is 17.8 Å². The van der Waals surface area contributed by atoms with E-state index < -0.39 is 55.4 Å². The van der Waals surface area contributed by atoms with E-state index >= 15 is 0 Å². The number of esters is 1. The Labute approximate surface area is 179 Å². The average molecular weight is 446 g/mol. The highest BCUT2D eigenvalue weighted by atomic mass is 16.8. The average Bonchev–Trinajstić information content (AvgIpc) is 3.11. The Bertz CT molecular complexity index is 707. The second kappa shape index (κ2) is 8.56. The SMILES string of the molecule is COC(=O)C1=CO[C@@H](O[C@@H]2O[C@H](CO)[C@@H](O)[C@@H](O)[C@H]2O)C2C1C[C@@H]1OC(C)(C)OC[C@H]21. The predicted octanol–water partition coefficient (Wildman–Crippen LogP) is -1.38. The zero-order chi connectivity index (χ0) is 22.5. The van der Waals surface area contributed by atoms with Crippen molar-refractivity contribution in [2.45, 2.75) is 69.2 Å². The summed E-state index contributed by atoms with van der Waals surface area (Å²) in [7, 11) is 1.29. The first-order valence-electron chi connectivity index (χ1n) is 10.4. The Morgan fingerprint density at radius 1 is 1.19 bits per heavy atom.